The molecule has 2 rings (SSSR count). The van der Waals surface area contributed by atoms with E-state index in [1.807, 2.05) is 35.0 Å². The average Bonchev–Trinajstić information content (AvgIpc) is 2.82. The first-order valence-corrected chi connectivity index (χ1v) is 5.63. The predicted octanol–water partition coefficient (Wildman–Crippen LogP) is 2.02. The molecule has 0 aliphatic rings. The minimum absolute atomic E-state index is 0.514. The van der Waals surface area contributed by atoms with Gasteiger partial charge < -0.3 is 14.4 Å². The van der Waals surface area contributed by atoms with Crippen LogP contribution in [0.25, 0.3) is 0 Å². The molecule has 0 unspecified atom stereocenters. The normalized spacial score (nSPS) is 12.4. The van der Waals surface area contributed by atoms with Crippen LogP contribution < -0.4 is 4.74 Å². The third-order valence-electron chi connectivity index (χ3n) is 2.54. The molecule has 1 aromatic carbocycles. The summed E-state index contributed by atoms with van der Waals surface area (Å²) in [6.07, 6.45) is 4.87. The molecule has 4 heteroatoms. The summed E-state index contributed by atoms with van der Waals surface area (Å²) in [4.78, 5) is 3.96. The molecule has 2 aromatic rings. The van der Waals surface area contributed by atoms with E-state index < -0.39 is 6.10 Å². The second-order valence-corrected chi connectivity index (χ2v) is 3.86. The molecule has 0 radical (unpaired) electrons. The van der Waals surface area contributed by atoms with E-state index in [4.69, 9.17) is 4.74 Å². The summed E-state index contributed by atoms with van der Waals surface area (Å²) in [5, 5.41) is 9.59. The van der Waals surface area contributed by atoms with Crippen LogP contribution in [0.2, 0.25) is 0 Å². The molecule has 0 aliphatic carbocycles. The number of nitrogens with zero attached hydrogens (tertiary/aromatic N) is 2. The first kappa shape index (κ1) is 11.7. The van der Waals surface area contributed by atoms with Crippen LogP contribution in [-0.2, 0) is 6.54 Å². The van der Waals surface area contributed by atoms with Crippen molar-refractivity contribution < 1.29 is 9.84 Å². The van der Waals surface area contributed by atoms with Crippen molar-refractivity contribution >= 4 is 0 Å². The van der Waals surface area contributed by atoms with Crippen LogP contribution in [0.15, 0.2) is 43.0 Å². The highest BCUT2D eigenvalue weighted by Gasteiger charge is 2.07. The van der Waals surface area contributed by atoms with E-state index in [0.717, 1.165) is 17.9 Å². The van der Waals surface area contributed by atoms with Crippen molar-refractivity contribution in [2.24, 2.45) is 0 Å². The van der Waals surface area contributed by atoms with Gasteiger partial charge in [-0.3, -0.25) is 0 Å². The Morgan fingerprint density at radius 3 is 2.94 bits per heavy atom. The summed E-state index contributed by atoms with van der Waals surface area (Å²) in [5.74, 6) is 0.739. The van der Waals surface area contributed by atoms with Gasteiger partial charge in [0.1, 0.15) is 12.4 Å². The van der Waals surface area contributed by atoms with Gasteiger partial charge in [0, 0.05) is 18.0 Å². The lowest BCUT2D eigenvalue weighted by Gasteiger charge is -2.13. The molecule has 0 bridgehead atoms. The van der Waals surface area contributed by atoms with E-state index in [9.17, 15) is 5.11 Å². The van der Waals surface area contributed by atoms with Crippen molar-refractivity contribution in [2.45, 2.75) is 19.6 Å². The maximum absolute atomic E-state index is 9.59. The molecule has 4 nitrogen and oxygen atoms in total. The fraction of sp³-hybridized carbons (Fsp3) is 0.308. The zero-order valence-corrected chi connectivity index (χ0v) is 9.78. The Kier molecular flexibility index (Phi) is 3.77. The van der Waals surface area contributed by atoms with Crippen molar-refractivity contribution in [2.75, 3.05) is 6.61 Å². The lowest BCUT2D eigenvalue weighted by atomic mass is 10.1. The van der Waals surface area contributed by atoms with Gasteiger partial charge in [0.05, 0.1) is 19.0 Å². The lowest BCUT2D eigenvalue weighted by molar-refractivity contribution is 0.190. The Balaban J connectivity index is 1.94. The molecule has 1 heterocycles. The van der Waals surface area contributed by atoms with Gasteiger partial charge in [-0.25, -0.2) is 4.98 Å². The standard InChI is InChI=1S/C13H16N2O2/c1-11(16)12-4-2-3-5-13(12)17-9-8-15-7-6-14-10-15/h2-7,10-11,16H,8-9H2,1H3/t11-/m1/s1. The number of aromatic nitrogens is 2. The maximum atomic E-state index is 9.59. The number of hydrogen-bond donors (Lipinski definition) is 1. The van der Waals surface area contributed by atoms with Crippen LogP contribution in [0.5, 0.6) is 5.75 Å². The van der Waals surface area contributed by atoms with Gasteiger partial charge in [-0.2, -0.15) is 0 Å². The van der Waals surface area contributed by atoms with Crippen molar-refractivity contribution in [3.05, 3.63) is 48.5 Å². The average molecular weight is 232 g/mol. The molecule has 1 N–H and O–H groups in total. The fourth-order valence-corrected chi connectivity index (χ4v) is 1.64. The molecule has 0 fully saturated rings. The molecule has 0 saturated carbocycles. The summed E-state index contributed by atoms with van der Waals surface area (Å²) in [7, 11) is 0. The van der Waals surface area contributed by atoms with E-state index in [1.54, 1.807) is 19.4 Å². The molecule has 17 heavy (non-hydrogen) atoms. The van der Waals surface area contributed by atoms with Crippen molar-refractivity contribution in [3.63, 3.8) is 0 Å². The second-order valence-electron chi connectivity index (χ2n) is 3.86. The first-order valence-electron chi connectivity index (χ1n) is 5.63. The van der Waals surface area contributed by atoms with Crippen molar-refractivity contribution in [3.8, 4) is 5.75 Å². The van der Waals surface area contributed by atoms with Gasteiger partial charge in [0.2, 0.25) is 0 Å². The quantitative estimate of drug-likeness (QED) is 0.857. The number of rotatable bonds is 5. The van der Waals surface area contributed by atoms with Crippen LogP contribution in [0, 0.1) is 0 Å². The Labute approximate surface area is 100 Å². The van der Waals surface area contributed by atoms with Gasteiger partial charge in [0.25, 0.3) is 0 Å². The summed E-state index contributed by atoms with van der Waals surface area (Å²) >= 11 is 0. The number of aliphatic hydroxyl groups excluding tert-OH is 1. The molecular weight excluding hydrogens is 216 g/mol. The largest absolute Gasteiger partial charge is 0.491 e. The van der Waals surface area contributed by atoms with Gasteiger partial charge >= 0.3 is 0 Å². The number of imidazole rings is 1. The summed E-state index contributed by atoms with van der Waals surface area (Å²) in [5.41, 5.74) is 0.818. The Morgan fingerprint density at radius 2 is 2.24 bits per heavy atom. The van der Waals surface area contributed by atoms with Gasteiger partial charge in [-0.05, 0) is 13.0 Å². The third-order valence-corrected chi connectivity index (χ3v) is 2.54. The molecule has 0 aliphatic heterocycles. The lowest BCUT2D eigenvalue weighted by Crippen LogP contribution is -2.08. The topological polar surface area (TPSA) is 47.3 Å². The molecule has 90 valence electrons. The van der Waals surface area contributed by atoms with E-state index in [1.165, 1.54) is 0 Å². The van der Waals surface area contributed by atoms with Crippen LogP contribution in [-0.4, -0.2) is 21.3 Å². The van der Waals surface area contributed by atoms with Crippen molar-refractivity contribution in [1.82, 2.24) is 9.55 Å². The van der Waals surface area contributed by atoms with E-state index in [0.29, 0.717) is 6.61 Å². The van der Waals surface area contributed by atoms with Gasteiger partial charge in [-0.1, -0.05) is 18.2 Å². The number of ether oxygens (including phenoxy) is 1. The highest BCUT2D eigenvalue weighted by atomic mass is 16.5. The molecular formula is C13H16N2O2. The first-order chi connectivity index (χ1) is 8.27. The van der Waals surface area contributed by atoms with Gasteiger partial charge in [0.15, 0.2) is 0 Å². The Bertz CT molecular complexity index is 452. The van der Waals surface area contributed by atoms with E-state index >= 15 is 0 Å². The zero-order chi connectivity index (χ0) is 12.1. The summed E-state index contributed by atoms with van der Waals surface area (Å²) in [6.45, 7) is 3.03. The molecule has 0 amide bonds. The zero-order valence-electron chi connectivity index (χ0n) is 9.78. The predicted molar refractivity (Wildman–Crippen MR) is 64.8 cm³/mol. The minimum atomic E-state index is -0.514. The Hall–Kier alpha value is -1.81. The highest BCUT2D eigenvalue weighted by molar-refractivity contribution is 5.34. The number of benzene rings is 1. The summed E-state index contributed by atoms with van der Waals surface area (Å²) < 4.78 is 7.61. The highest BCUT2D eigenvalue weighted by Crippen LogP contribution is 2.24. The minimum Gasteiger partial charge on any atom is -0.491 e. The third kappa shape index (κ3) is 3.07. The van der Waals surface area contributed by atoms with E-state index in [2.05, 4.69) is 4.98 Å². The number of aliphatic hydroxyl groups is 1. The smallest absolute Gasteiger partial charge is 0.125 e. The number of hydrogen-bond acceptors (Lipinski definition) is 3. The molecule has 0 spiro atoms. The number of para-hydroxylation sites is 1. The second kappa shape index (κ2) is 5.50. The monoisotopic (exact) mass is 232 g/mol. The summed E-state index contributed by atoms with van der Waals surface area (Å²) in [6, 6.07) is 7.54. The molecule has 0 saturated heterocycles. The Morgan fingerprint density at radius 1 is 1.41 bits per heavy atom. The molecule has 1 aromatic heterocycles. The fourth-order valence-electron chi connectivity index (χ4n) is 1.64. The van der Waals surface area contributed by atoms with Gasteiger partial charge in [-0.15, -0.1) is 0 Å². The van der Waals surface area contributed by atoms with Crippen molar-refractivity contribution in [1.29, 1.82) is 0 Å². The van der Waals surface area contributed by atoms with Crippen LogP contribution in [0.1, 0.15) is 18.6 Å². The van der Waals surface area contributed by atoms with Crippen LogP contribution in [0.4, 0.5) is 0 Å². The van der Waals surface area contributed by atoms with Crippen LogP contribution >= 0.6 is 0 Å². The maximum Gasteiger partial charge on any atom is 0.125 e. The molecule has 1 atom stereocenters. The van der Waals surface area contributed by atoms with Crippen LogP contribution in [0.3, 0.4) is 0 Å². The SMILES string of the molecule is C[C@@H](O)c1ccccc1OCCn1ccnc1. The van der Waals surface area contributed by atoms with E-state index in [-0.39, 0.29) is 0 Å².